The van der Waals surface area contributed by atoms with Gasteiger partial charge in [-0.05, 0) is 79.6 Å². The van der Waals surface area contributed by atoms with Gasteiger partial charge in [-0.1, -0.05) is 42.5 Å². The third-order valence-corrected chi connectivity index (χ3v) is 7.24. The predicted octanol–water partition coefficient (Wildman–Crippen LogP) is 5.15. The number of benzene rings is 3. The number of anilines is 3. The van der Waals surface area contributed by atoms with Gasteiger partial charge in [-0.25, -0.2) is 0 Å². The van der Waals surface area contributed by atoms with Gasteiger partial charge in [0.05, 0.1) is 0 Å². The summed E-state index contributed by atoms with van der Waals surface area (Å²) in [6.45, 7) is 2.44. The molecule has 0 spiro atoms. The van der Waals surface area contributed by atoms with Gasteiger partial charge in [0.25, 0.3) is 5.91 Å². The molecule has 2 aliphatic heterocycles. The van der Waals surface area contributed by atoms with E-state index >= 15 is 0 Å². The molecule has 6 rings (SSSR count). The lowest BCUT2D eigenvalue weighted by Crippen LogP contribution is -2.52. The van der Waals surface area contributed by atoms with E-state index in [1.54, 1.807) is 0 Å². The highest BCUT2D eigenvalue weighted by Gasteiger charge is 2.41. The topological polar surface area (TPSA) is 87.5 Å². The molecule has 1 unspecified atom stereocenters. The van der Waals surface area contributed by atoms with Crippen LogP contribution in [0.4, 0.5) is 17.1 Å². The Hall–Kier alpha value is -3.64. The fourth-order valence-electron chi connectivity index (χ4n) is 5.39. The van der Waals surface area contributed by atoms with Gasteiger partial charge in [-0.2, -0.15) is 0 Å². The van der Waals surface area contributed by atoms with Crippen molar-refractivity contribution in [2.75, 3.05) is 15.5 Å². The van der Waals surface area contributed by atoms with Crippen LogP contribution in [0.5, 0.6) is 0 Å². The number of carbonyl (C=O) groups is 2. The lowest BCUT2D eigenvalue weighted by Gasteiger charge is -2.45. The van der Waals surface area contributed by atoms with Crippen molar-refractivity contribution in [2.24, 2.45) is 11.7 Å². The molecule has 0 radical (unpaired) electrons. The number of amides is 2. The molecule has 2 heterocycles. The van der Waals surface area contributed by atoms with Crippen LogP contribution in [0.15, 0.2) is 72.8 Å². The van der Waals surface area contributed by atoms with Gasteiger partial charge in [0.1, 0.15) is 6.04 Å². The molecule has 0 aromatic heterocycles. The van der Waals surface area contributed by atoms with Crippen LogP contribution in [-0.2, 0) is 16.1 Å². The quantitative estimate of drug-likeness (QED) is 0.447. The third-order valence-electron chi connectivity index (χ3n) is 7.24. The van der Waals surface area contributed by atoms with E-state index in [0.29, 0.717) is 18.3 Å². The largest absolute Gasteiger partial charge is 0.370 e. The van der Waals surface area contributed by atoms with E-state index in [9.17, 15) is 9.59 Å². The van der Waals surface area contributed by atoms with Gasteiger partial charge in [0.2, 0.25) is 5.91 Å². The van der Waals surface area contributed by atoms with E-state index < -0.39 is 6.04 Å². The smallest absolute Gasteiger partial charge is 0.251 e. The number of rotatable bonds is 7. The molecule has 3 aliphatic rings. The second kappa shape index (κ2) is 9.92. The molecule has 3 aromatic rings. The minimum Gasteiger partial charge on any atom is -0.370 e. The molecule has 4 N–H and O–H groups in total. The first kappa shape index (κ1) is 23.1. The summed E-state index contributed by atoms with van der Waals surface area (Å²) in [4.78, 5) is 28.4. The van der Waals surface area contributed by atoms with Crippen LogP contribution in [0, 0.1) is 12.8 Å². The minimum atomic E-state index is -0.580. The number of piperidine rings is 2. The van der Waals surface area contributed by atoms with Gasteiger partial charge >= 0.3 is 0 Å². The normalized spacial score (nSPS) is 19.9. The highest BCUT2D eigenvalue weighted by molar-refractivity contribution is 6.00. The Bertz CT molecular complexity index is 1220. The molecule has 35 heavy (non-hydrogen) atoms. The van der Waals surface area contributed by atoms with Crippen molar-refractivity contribution in [3.8, 4) is 0 Å². The first-order valence-electron chi connectivity index (χ1n) is 12.4. The van der Waals surface area contributed by atoms with Crippen molar-refractivity contribution in [3.05, 3.63) is 89.5 Å². The molecular weight excluding hydrogens is 436 g/mol. The molecule has 3 fully saturated rings. The summed E-state index contributed by atoms with van der Waals surface area (Å²) in [6.07, 6.45) is 4.17. The first-order valence-corrected chi connectivity index (χ1v) is 12.4. The monoisotopic (exact) mass is 468 g/mol. The maximum absolute atomic E-state index is 13.5. The van der Waals surface area contributed by atoms with Crippen molar-refractivity contribution in [1.29, 1.82) is 0 Å². The van der Waals surface area contributed by atoms with E-state index in [4.69, 9.17) is 5.73 Å². The summed E-state index contributed by atoms with van der Waals surface area (Å²) in [5.41, 5.74) is 11.2. The van der Waals surface area contributed by atoms with Crippen molar-refractivity contribution in [1.82, 2.24) is 0 Å². The molecule has 2 bridgehead atoms. The summed E-state index contributed by atoms with van der Waals surface area (Å²) in [5.74, 6) is 0.254. The van der Waals surface area contributed by atoms with E-state index in [-0.39, 0.29) is 17.7 Å². The van der Waals surface area contributed by atoms with Gasteiger partial charge < -0.3 is 21.3 Å². The number of hydrogen-bond acceptors (Lipinski definition) is 4. The molecule has 1 atom stereocenters. The number of aryl methyl sites for hydroxylation is 1. The van der Waals surface area contributed by atoms with Crippen LogP contribution in [0.2, 0.25) is 0 Å². The zero-order valence-electron chi connectivity index (χ0n) is 20.0. The lowest BCUT2D eigenvalue weighted by atomic mass is 9.79. The van der Waals surface area contributed by atoms with Gasteiger partial charge in [0.15, 0.2) is 0 Å². The van der Waals surface area contributed by atoms with Crippen LogP contribution >= 0.6 is 0 Å². The third kappa shape index (κ3) is 4.80. The number of nitrogens with one attached hydrogen (secondary N) is 2. The Balaban J connectivity index is 1.37. The molecule has 180 valence electrons. The minimum absolute atomic E-state index is 0.158. The van der Waals surface area contributed by atoms with Crippen molar-refractivity contribution in [2.45, 2.75) is 51.2 Å². The molecule has 1 saturated carbocycles. The maximum Gasteiger partial charge on any atom is 0.251 e. The molecule has 2 amide bonds. The molecule has 6 nitrogen and oxygen atoms in total. The van der Waals surface area contributed by atoms with Crippen LogP contribution in [0.3, 0.4) is 0 Å². The standard InChI is InChI=1S/C29H32N4O2/c1-19-16-24(12-15-26(19)33-25-13-10-22(11-14-25)29(33)35)32-28(34)27(21-7-3-2-4-8-21)31-23-9-5-6-20(17-23)18-30/h2-9,12,15-17,22,25,27,31H,10-11,13-14,18,30H2,1H3,(H,32,34). The zero-order valence-corrected chi connectivity index (χ0v) is 20.0. The first-order chi connectivity index (χ1) is 17.0. The van der Waals surface area contributed by atoms with E-state index in [1.807, 2.05) is 84.6 Å². The van der Waals surface area contributed by atoms with E-state index in [0.717, 1.165) is 53.7 Å². The highest BCUT2D eigenvalue weighted by atomic mass is 16.2. The maximum atomic E-state index is 13.5. The second-order valence-corrected chi connectivity index (χ2v) is 9.60. The second-order valence-electron chi connectivity index (χ2n) is 9.60. The number of nitrogens with zero attached hydrogens (tertiary/aromatic N) is 1. The van der Waals surface area contributed by atoms with Gasteiger partial charge in [-0.15, -0.1) is 0 Å². The van der Waals surface area contributed by atoms with Crippen LogP contribution < -0.4 is 21.3 Å². The fourth-order valence-corrected chi connectivity index (χ4v) is 5.39. The van der Waals surface area contributed by atoms with Crippen molar-refractivity contribution < 1.29 is 9.59 Å². The van der Waals surface area contributed by atoms with Crippen LogP contribution in [-0.4, -0.2) is 17.9 Å². The number of carbonyl (C=O) groups excluding carboxylic acids is 2. The van der Waals surface area contributed by atoms with Crippen LogP contribution in [0.1, 0.15) is 48.4 Å². The van der Waals surface area contributed by atoms with Crippen molar-refractivity contribution >= 4 is 28.9 Å². The Morgan fingerprint density at radius 3 is 2.43 bits per heavy atom. The Kier molecular flexibility index (Phi) is 6.55. The average molecular weight is 469 g/mol. The van der Waals surface area contributed by atoms with E-state index in [1.165, 1.54) is 0 Å². The molecule has 3 aromatic carbocycles. The predicted molar refractivity (Wildman–Crippen MR) is 140 cm³/mol. The van der Waals surface area contributed by atoms with Crippen molar-refractivity contribution in [3.63, 3.8) is 0 Å². The summed E-state index contributed by atoms with van der Waals surface area (Å²) < 4.78 is 0. The molecule has 1 aliphatic carbocycles. The molecule has 2 saturated heterocycles. The zero-order chi connectivity index (χ0) is 24.4. The number of nitrogens with two attached hydrogens (primary N) is 1. The van der Waals surface area contributed by atoms with E-state index in [2.05, 4.69) is 10.6 Å². The fraction of sp³-hybridized carbons (Fsp3) is 0.310. The number of fused-ring (bicyclic) bond motifs is 3. The van der Waals surface area contributed by atoms with Gasteiger partial charge in [0, 0.05) is 35.6 Å². The Labute approximate surface area is 206 Å². The Morgan fingerprint density at radius 1 is 0.971 bits per heavy atom. The summed E-state index contributed by atoms with van der Waals surface area (Å²) >= 11 is 0. The molecule has 6 heteroatoms. The van der Waals surface area contributed by atoms with Crippen LogP contribution in [0.25, 0.3) is 0 Å². The summed E-state index contributed by atoms with van der Waals surface area (Å²) in [5, 5.41) is 6.45. The highest BCUT2D eigenvalue weighted by Crippen LogP contribution is 2.40. The lowest BCUT2D eigenvalue weighted by molar-refractivity contribution is -0.127. The average Bonchev–Trinajstić information content (AvgIpc) is 2.89. The summed E-state index contributed by atoms with van der Waals surface area (Å²) in [7, 11) is 0. The SMILES string of the molecule is Cc1cc(NC(=O)C(Nc2cccc(CN)c2)c2ccccc2)ccc1N1C(=O)C2CCC1CC2. The Morgan fingerprint density at radius 2 is 1.74 bits per heavy atom. The van der Waals surface area contributed by atoms with Gasteiger partial charge in [-0.3, -0.25) is 9.59 Å². The molecular formula is C29H32N4O2. The summed E-state index contributed by atoms with van der Waals surface area (Å²) in [6, 6.07) is 23.0. The number of hydrogen-bond donors (Lipinski definition) is 3.